The van der Waals surface area contributed by atoms with Crippen molar-refractivity contribution in [1.29, 1.82) is 0 Å². The van der Waals surface area contributed by atoms with Gasteiger partial charge in [0.15, 0.2) is 0 Å². The second-order valence-electron chi connectivity index (χ2n) is 16.4. The summed E-state index contributed by atoms with van der Waals surface area (Å²) in [6.07, 6.45) is 0. The zero-order valence-electron chi connectivity index (χ0n) is 34.6. The molecule has 296 valence electrons. The van der Waals surface area contributed by atoms with Gasteiger partial charge in [0, 0.05) is 33.4 Å². The zero-order valence-corrected chi connectivity index (χ0v) is 34.6. The van der Waals surface area contributed by atoms with Crippen molar-refractivity contribution in [1.82, 2.24) is 4.57 Å². The first-order chi connectivity index (χ1) is 31.3. The largest absolute Gasteiger partial charge is 0.310 e. The number of rotatable bonds is 8. The van der Waals surface area contributed by atoms with Gasteiger partial charge in [-0.1, -0.05) is 200 Å². The molecule has 0 spiro atoms. The number of fused-ring (bicyclic) bond motifs is 6. The van der Waals surface area contributed by atoms with Crippen molar-refractivity contribution in [3.05, 3.63) is 277 Å². The maximum atomic E-state index is 2.46. The van der Waals surface area contributed by atoms with E-state index in [1.165, 1.54) is 71.9 Å². The second kappa shape index (κ2) is 15.1. The lowest BCUT2D eigenvalue weighted by Gasteiger charge is -2.35. The van der Waals surface area contributed by atoms with Gasteiger partial charge in [-0.15, -0.1) is 0 Å². The Morgan fingerprint density at radius 1 is 0.317 bits per heavy atom. The van der Waals surface area contributed by atoms with E-state index in [0.29, 0.717) is 0 Å². The molecule has 0 radical (unpaired) electrons. The Hall–Kier alpha value is -8.20. The third kappa shape index (κ3) is 5.80. The summed E-state index contributed by atoms with van der Waals surface area (Å²) in [4.78, 5) is 2.45. The van der Waals surface area contributed by atoms with Crippen LogP contribution in [0.25, 0.3) is 60.9 Å². The molecule has 0 fully saturated rings. The number of benzene rings is 10. The van der Waals surface area contributed by atoms with E-state index in [1.54, 1.807) is 0 Å². The minimum absolute atomic E-state index is 0.514. The molecule has 12 rings (SSSR count). The monoisotopic (exact) mass is 802 g/mol. The summed E-state index contributed by atoms with van der Waals surface area (Å²) < 4.78 is 2.40. The van der Waals surface area contributed by atoms with Gasteiger partial charge in [0.1, 0.15) is 0 Å². The van der Waals surface area contributed by atoms with Crippen LogP contribution in [0.1, 0.15) is 22.3 Å². The van der Waals surface area contributed by atoms with Gasteiger partial charge in [0.05, 0.1) is 22.1 Å². The quantitative estimate of drug-likeness (QED) is 0.149. The molecule has 2 heteroatoms. The lowest BCUT2D eigenvalue weighted by Crippen LogP contribution is -2.28. The summed E-state index contributed by atoms with van der Waals surface area (Å²) >= 11 is 0. The summed E-state index contributed by atoms with van der Waals surface area (Å²) in [5.74, 6) is 0. The number of nitrogens with zero attached hydrogens (tertiary/aromatic N) is 2. The van der Waals surface area contributed by atoms with E-state index in [9.17, 15) is 0 Å². The molecule has 0 amide bonds. The van der Waals surface area contributed by atoms with E-state index in [0.717, 1.165) is 28.3 Å². The SMILES string of the molecule is c1ccc(N(c2ccc3c(c2)C(c2ccccc2)(c2ccccc2)c2ccccc2-3)c2ccccc2-c2ccccc2-c2ccc3c4ccccc4n(-c4ccccc4)c3c2)cc1. The van der Waals surface area contributed by atoms with E-state index in [-0.39, 0.29) is 0 Å². The maximum absolute atomic E-state index is 2.46. The summed E-state index contributed by atoms with van der Waals surface area (Å²) in [6.45, 7) is 0. The molecule has 0 unspecified atom stereocenters. The van der Waals surface area contributed by atoms with Crippen molar-refractivity contribution in [2.75, 3.05) is 4.90 Å². The average Bonchev–Trinajstić information content (AvgIpc) is 3.85. The van der Waals surface area contributed by atoms with E-state index in [4.69, 9.17) is 0 Å². The van der Waals surface area contributed by atoms with Crippen LogP contribution >= 0.6 is 0 Å². The van der Waals surface area contributed by atoms with Crippen LogP contribution in [-0.2, 0) is 5.41 Å². The fourth-order valence-corrected chi connectivity index (χ4v) is 10.4. The molecule has 0 N–H and O–H groups in total. The molecule has 0 bridgehead atoms. The van der Waals surface area contributed by atoms with Crippen LogP contribution in [0, 0.1) is 0 Å². The maximum Gasteiger partial charge on any atom is 0.0714 e. The van der Waals surface area contributed by atoms with Gasteiger partial charge in [-0.2, -0.15) is 0 Å². The summed E-state index contributed by atoms with van der Waals surface area (Å²) in [5.41, 5.74) is 18.6. The van der Waals surface area contributed by atoms with Gasteiger partial charge in [-0.3, -0.25) is 0 Å². The normalized spacial score (nSPS) is 12.6. The molecule has 1 aromatic heterocycles. The number of anilines is 3. The topological polar surface area (TPSA) is 8.17 Å². The van der Waals surface area contributed by atoms with E-state index in [1.807, 2.05) is 0 Å². The van der Waals surface area contributed by atoms with Crippen LogP contribution < -0.4 is 4.90 Å². The molecular weight excluding hydrogens is 761 g/mol. The molecule has 1 heterocycles. The van der Waals surface area contributed by atoms with Crippen molar-refractivity contribution < 1.29 is 0 Å². The van der Waals surface area contributed by atoms with E-state index >= 15 is 0 Å². The van der Waals surface area contributed by atoms with E-state index < -0.39 is 5.41 Å². The first kappa shape index (κ1) is 36.6. The Balaban J connectivity index is 1.07. The third-order valence-electron chi connectivity index (χ3n) is 13.1. The highest BCUT2D eigenvalue weighted by molar-refractivity contribution is 6.10. The highest BCUT2D eigenvalue weighted by Gasteiger charge is 2.46. The van der Waals surface area contributed by atoms with Crippen LogP contribution in [0.4, 0.5) is 17.1 Å². The first-order valence-electron chi connectivity index (χ1n) is 21.8. The molecule has 11 aromatic rings. The lowest BCUT2D eigenvalue weighted by molar-refractivity contribution is 0.768. The average molecular weight is 803 g/mol. The fourth-order valence-electron chi connectivity index (χ4n) is 10.4. The Kier molecular flexibility index (Phi) is 8.76. The molecule has 63 heavy (non-hydrogen) atoms. The van der Waals surface area contributed by atoms with Gasteiger partial charge in [-0.05, 0) is 105 Å². The Morgan fingerprint density at radius 3 is 1.59 bits per heavy atom. The predicted octanol–water partition coefficient (Wildman–Crippen LogP) is 16.0. The molecule has 0 aliphatic heterocycles. The van der Waals surface area contributed by atoms with Crippen LogP contribution in [-0.4, -0.2) is 4.57 Å². The van der Waals surface area contributed by atoms with Crippen molar-refractivity contribution >= 4 is 38.9 Å². The van der Waals surface area contributed by atoms with E-state index in [2.05, 4.69) is 264 Å². The minimum Gasteiger partial charge on any atom is -0.310 e. The van der Waals surface area contributed by atoms with Crippen molar-refractivity contribution in [2.45, 2.75) is 5.41 Å². The second-order valence-corrected chi connectivity index (χ2v) is 16.4. The number of hydrogen-bond acceptors (Lipinski definition) is 1. The van der Waals surface area contributed by atoms with Crippen molar-refractivity contribution in [3.8, 4) is 39.1 Å². The molecule has 10 aromatic carbocycles. The molecule has 0 saturated carbocycles. The Bertz CT molecular complexity index is 3400. The smallest absolute Gasteiger partial charge is 0.0714 e. The first-order valence-corrected chi connectivity index (χ1v) is 21.8. The van der Waals surface area contributed by atoms with Crippen LogP contribution in [0.15, 0.2) is 255 Å². The molecular formula is C61H42N2. The highest BCUT2D eigenvalue weighted by atomic mass is 15.1. The predicted molar refractivity (Wildman–Crippen MR) is 264 cm³/mol. The third-order valence-corrected chi connectivity index (χ3v) is 13.1. The highest BCUT2D eigenvalue weighted by Crippen LogP contribution is 2.57. The van der Waals surface area contributed by atoms with Crippen molar-refractivity contribution in [3.63, 3.8) is 0 Å². The zero-order chi connectivity index (χ0) is 41.7. The van der Waals surface area contributed by atoms with Crippen LogP contribution in [0.2, 0.25) is 0 Å². The van der Waals surface area contributed by atoms with Crippen LogP contribution in [0.5, 0.6) is 0 Å². The minimum atomic E-state index is -0.514. The summed E-state index contributed by atoms with van der Waals surface area (Å²) in [7, 11) is 0. The fraction of sp³-hybridized carbons (Fsp3) is 0.0164. The molecule has 0 atom stereocenters. The van der Waals surface area contributed by atoms with Crippen LogP contribution in [0.3, 0.4) is 0 Å². The standard InChI is InChI=1S/C61H42N2/c1-5-21-44(22-6-1)61(45-23-7-2-8-24-45)56-34-18-15-31-51(56)52-40-38-48(42-57(52)61)62(46-25-9-3-10-26-46)58-35-19-16-32-53(58)50-30-14-13-29-49(50)43-37-39-55-54-33-17-20-36-59(54)63(60(55)41-43)47-27-11-4-12-28-47/h1-42H. The number of aromatic nitrogens is 1. The van der Waals surface area contributed by atoms with Gasteiger partial charge < -0.3 is 9.47 Å². The molecule has 1 aliphatic rings. The molecule has 2 nitrogen and oxygen atoms in total. The lowest BCUT2D eigenvalue weighted by atomic mass is 9.67. The molecule has 0 saturated heterocycles. The Labute approximate surface area is 368 Å². The van der Waals surface area contributed by atoms with Gasteiger partial charge >= 0.3 is 0 Å². The number of para-hydroxylation sites is 4. The van der Waals surface area contributed by atoms with Gasteiger partial charge in [0.25, 0.3) is 0 Å². The summed E-state index contributed by atoms with van der Waals surface area (Å²) in [5, 5.41) is 2.49. The van der Waals surface area contributed by atoms with Crippen molar-refractivity contribution in [2.24, 2.45) is 0 Å². The summed E-state index contributed by atoms with van der Waals surface area (Å²) in [6, 6.07) is 93.3. The van der Waals surface area contributed by atoms with Gasteiger partial charge in [-0.25, -0.2) is 0 Å². The Morgan fingerprint density at radius 2 is 0.857 bits per heavy atom. The molecule has 1 aliphatic carbocycles. The van der Waals surface area contributed by atoms with Gasteiger partial charge in [0.2, 0.25) is 0 Å². The number of hydrogen-bond donors (Lipinski definition) is 0.